The molecule has 21 heavy (non-hydrogen) atoms. The summed E-state index contributed by atoms with van der Waals surface area (Å²) in [5.74, 6) is -0.311. The summed E-state index contributed by atoms with van der Waals surface area (Å²) in [4.78, 5) is 0. The van der Waals surface area contributed by atoms with E-state index < -0.39 is 0 Å². The first-order valence-electron chi connectivity index (χ1n) is 7.91. The second kappa shape index (κ2) is 10.1. The smallest absolute Gasteiger partial charge is 0.145 e. The lowest BCUT2D eigenvalue weighted by Crippen LogP contribution is -2.43. The maximum Gasteiger partial charge on any atom is 0.145 e. The van der Waals surface area contributed by atoms with Crippen molar-refractivity contribution >= 4 is 11.6 Å². The summed E-state index contributed by atoms with van der Waals surface area (Å²) < 4.78 is 20.0. The van der Waals surface area contributed by atoms with Crippen LogP contribution in [0.4, 0.5) is 4.39 Å². The minimum absolute atomic E-state index is 0.102. The van der Waals surface area contributed by atoms with Crippen LogP contribution in [0, 0.1) is 5.82 Å². The van der Waals surface area contributed by atoms with Crippen molar-refractivity contribution in [2.75, 3.05) is 13.2 Å². The molecule has 4 heteroatoms. The third kappa shape index (κ3) is 5.93. The number of rotatable bonds is 10. The third-order valence-electron chi connectivity index (χ3n) is 3.53. The Morgan fingerprint density at radius 1 is 1.24 bits per heavy atom. The number of ether oxygens (including phenoxy) is 1. The Morgan fingerprint density at radius 2 is 2.00 bits per heavy atom. The Hall–Kier alpha value is -0.640. The minimum atomic E-state index is -0.311. The van der Waals surface area contributed by atoms with E-state index in [-0.39, 0.29) is 23.0 Å². The molecule has 0 aliphatic heterocycles. The van der Waals surface area contributed by atoms with Crippen molar-refractivity contribution in [3.05, 3.63) is 34.6 Å². The first-order chi connectivity index (χ1) is 10.1. The normalized spacial score (nSPS) is 14.1. The zero-order valence-electron chi connectivity index (χ0n) is 13.3. The van der Waals surface area contributed by atoms with E-state index in [1.807, 2.05) is 6.92 Å². The minimum Gasteiger partial charge on any atom is -0.377 e. The number of halogens is 2. The predicted molar refractivity (Wildman–Crippen MR) is 87.5 cm³/mol. The first kappa shape index (κ1) is 18.4. The first-order valence-corrected chi connectivity index (χ1v) is 8.29. The predicted octanol–water partition coefficient (Wildman–Crippen LogP) is 4.60. The molecule has 2 atom stereocenters. The maximum absolute atomic E-state index is 14.1. The monoisotopic (exact) mass is 315 g/mol. The molecule has 0 radical (unpaired) electrons. The third-order valence-corrected chi connectivity index (χ3v) is 3.82. The SMILES string of the molecule is CCCNC(Cc1cccc(Cl)c1F)C(CCC)OCC. The molecule has 0 spiro atoms. The molecule has 0 aliphatic carbocycles. The van der Waals surface area contributed by atoms with Crippen molar-refractivity contribution in [3.8, 4) is 0 Å². The molecule has 0 saturated carbocycles. The van der Waals surface area contributed by atoms with Crippen molar-refractivity contribution in [3.63, 3.8) is 0 Å². The molecule has 1 aromatic rings. The van der Waals surface area contributed by atoms with Crippen molar-refractivity contribution < 1.29 is 9.13 Å². The number of hydrogen-bond acceptors (Lipinski definition) is 2. The van der Waals surface area contributed by atoms with Gasteiger partial charge in [-0.25, -0.2) is 4.39 Å². The van der Waals surface area contributed by atoms with Gasteiger partial charge in [0, 0.05) is 12.6 Å². The van der Waals surface area contributed by atoms with Crippen LogP contribution in [0.1, 0.15) is 45.6 Å². The molecular formula is C17H27ClFNO. The van der Waals surface area contributed by atoms with E-state index in [1.165, 1.54) is 0 Å². The highest BCUT2D eigenvalue weighted by atomic mass is 35.5. The molecule has 120 valence electrons. The summed E-state index contributed by atoms with van der Waals surface area (Å²) in [6.45, 7) is 7.84. The average molecular weight is 316 g/mol. The highest BCUT2D eigenvalue weighted by Gasteiger charge is 2.22. The highest BCUT2D eigenvalue weighted by molar-refractivity contribution is 6.30. The van der Waals surface area contributed by atoms with Crippen LogP contribution in [0.5, 0.6) is 0 Å². The zero-order valence-corrected chi connectivity index (χ0v) is 14.0. The molecule has 1 N–H and O–H groups in total. The molecule has 0 fully saturated rings. The molecule has 2 nitrogen and oxygen atoms in total. The fraction of sp³-hybridized carbons (Fsp3) is 0.647. The molecule has 1 rings (SSSR count). The zero-order chi connectivity index (χ0) is 15.7. The summed E-state index contributed by atoms with van der Waals surface area (Å²) >= 11 is 5.88. The summed E-state index contributed by atoms with van der Waals surface area (Å²) in [6.07, 6.45) is 3.76. The second-order valence-corrected chi connectivity index (χ2v) is 5.67. The maximum atomic E-state index is 14.1. The summed E-state index contributed by atoms with van der Waals surface area (Å²) in [5, 5.41) is 3.68. The van der Waals surface area contributed by atoms with E-state index in [0.29, 0.717) is 18.6 Å². The molecular weight excluding hydrogens is 289 g/mol. The lowest BCUT2D eigenvalue weighted by atomic mass is 9.97. The molecule has 0 heterocycles. The standard InChI is InChI=1S/C17H27ClFNO/c1-4-8-16(21-6-3)15(20-11-5-2)12-13-9-7-10-14(18)17(13)19/h7,9-10,15-16,20H,4-6,8,11-12H2,1-3H3. The van der Waals surface area contributed by atoms with Gasteiger partial charge in [-0.1, -0.05) is 44.0 Å². The van der Waals surface area contributed by atoms with Crippen molar-refractivity contribution in [2.24, 2.45) is 0 Å². The van der Waals surface area contributed by atoms with Gasteiger partial charge in [0.25, 0.3) is 0 Å². The summed E-state index contributed by atoms with van der Waals surface area (Å²) in [5.41, 5.74) is 0.650. The molecule has 2 unspecified atom stereocenters. The Morgan fingerprint density at radius 3 is 2.62 bits per heavy atom. The molecule has 0 bridgehead atoms. The van der Waals surface area contributed by atoms with Crippen LogP contribution in [-0.4, -0.2) is 25.3 Å². The second-order valence-electron chi connectivity index (χ2n) is 5.26. The fourth-order valence-corrected chi connectivity index (χ4v) is 2.70. The topological polar surface area (TPSA) is 21.3 Å². The lowest BCUT2D eigenvalue weighted by molar-refractivity contribution is 0.0280. The Labute approximate surface area is 133 Å². The molecule has 0 aromatic heterocycles. The van der Waals surface area contributed by atoms with Gasteiger partial charge in [-0.15, -0.1) is 0 Å². The van der Waals surface area contributed by atoms with E-state index in [4.69, 9.17) is 16.3 Å². The lowest BCUT2D eigenvalue weighted by Gasteiger charge is -2.28. The van der Waals surface area contributed by atoms with Gasteiger partial charge in [-0.2, -0.15) is 0 Å². The van der Waals surface area contributed by atoms with Crippen LogP contribution in [0.3, 0.4) is 0 Å². The van der Waals surface area contributed by atoms with Gasteiger partial charge in [0.2, 0.25) is 0 Å². The quantitative estimate of drug-likeness (QED) is 0.681. The van der Waals surface area contributed by atoms with Crippen molar-refractivity contribution in [1.82, 2.24) is 5.32 Å². The average Bonchev–Trinajstić information content (AvgIpc) is 2.47. The van der Waals surface area contributed by atoms with Gasteiger partial charge in [0.05, 0.1) is 11.1 Å². The Bertz CT molecular complexity index is 408. The van der Waals surface area contributed by atoms with Gasteiger partial charge in [-0.05, 0) is 44.4 Å². The van der Waals surface area contributed by atoms with Crippen LogP contribution in [0.2, 0.25) is 5.02 Å². The van der Waals surface area contributed by atoms with Crippen LogP contribution in [0.15, 0.2) is 18.2 Å². The van der Waals surface area contributed by atoms with E-state index in [0.717, 1.165) is 25.8 Å². The van der Waals surface area contributed by atoms with Gasteiger partial charge >= 0.3 is 0 Å². The van der Waals surface area contributed by atoms with E-state index in [9.17, 15) is 4.39 Å². The van der Waals surface area contributed by atoms with Gasteiger partial charge in [0.15, 0.2) is 0 Å². The van der Waals surface area contributed by atoms with Gasteiger partial charge in [-0.3, -0.25) is 0 Å². The van der Waals surface area contributed by atoms with Crippen LogP contribution in [-0.2, 0) is 11.2 Å². The number of nitrogens with one attached hydrogen (secondary N) is 1. The van der Waals surface area contributed by atoms with Crippen LogP contribution >= 0.6 is 11.6 Å². The number of hydrogen-bond donors (Lipinski definition) is 1. The Balaban J connectivity index is 2.87. The van der Waals surface area contributed by atoms with E-state index in [2.05, 4.69) is 19.2 Å². The van der Waals surface area contributed by atoms with Gasteiger partial charge in [0.1, 0.15) is 5.82 Å². The molecule has 0 aliphatic rings. The van der Waals surface area contributed by atoms with E-state index in [1.54, 1.807) is 18.2 Å². The summed E-state index contributed by atoms with van der Waals surface area (Å²) in [6, 6.07) is 5.29. The van der Waals surface area contributed by atoms with Gasteiger partial charge < -0.3 is 10.1 Å². The van der Waals surface area contributed by atoms with Crippen LogP contribution in [0.25, 0.3) is 0 Å². The van der Waals surface area contributed by atoms with E-state index >= 15 is 0 Å². The summed E-state index contributed by atoms with van der Waals surface area (Å²) in [7, 11) is 0. The molecule has 1 aromatic carbocycles. The van der Waals surface area contributed by atoms with Crippen molar-refractivity contribution in [2.45, 2.75) is 58.6 Å². The highest BCUT2D eigenvalue weighted by Crippen LogP contribution is 2.21. The molecule has 0 amide bonds. The van der Waals surface area contributed by atoms with Crippen molar-refractivity contribution in [1.29, 1.82) is 0 Å². The molecule has 0 saturated heterocycles. The fourth-order valence-electron chi connectivity index (χ4n) is 2.51. The largest absolute Gasteiger partial charge is 0.377 e. The Kier molecular flexibility index (Phi) is 8.90. The number of benzene rings is 1. The van der Waals surface area contributed by atoms with Crippen LogP contribution < -0.4 is 5.32 Å².